The Kier molecular flexibility index (Phi) is 21.3. The van der Waals surface area contributed by atoms with Gasteiger partial charge in [-0.25, -0.2) is 0 Å². The van der Waals surface area contributed by atoms with Crippen molar-refractivity contribution in [3.8, 4) is 0 Å². The van der Waals surface area contributed by atoms with Gasteiger partial charge in [0.15, 0.2) is 0 Å². The van der Waals surface area contributed by atoms with Crippen LogP contribution in [0.4, 0.5) is 0 Å². The van der Waals surface area contributed by atoms with Gasteiger partial charge in [-0.2, -0.15) is 0 Å². The van der Waals surface area contributed by atoms with Crippen LogP contribution in [0.5, 0.6) is 0 Å². The van der Waals surface area contributed by atoms with Gasteiger partial charge in [-0.05, 0) is 75.5 Å². The van der Waals surface area contributed by atoms with E-state index in [1.165, 1.54) is 0 Å². The van der Waals surface area contributed by atoms with E-state index in [-0.39, 0.29) is 22.9 Å². The van der Waals surface area contributed by atoms with Crippen LogP contribution in [0.15, 0.2) is 0 Å². The maximum absolute atomic E-state index is 7.95. The molecule has 0 aromatic heterocycles. The van der Waals surface area contributed by atoms with Crippen molar-refractivity contribution in [3.63, 3.8) is 0 Å². The molecule has 4 unspecified atom stereocenters. The smallest absolute Gasteiger partial charge is 0.350 e. The molecule has 1 rings (SSSR count). The Bertz CT molecular complexity index is 718. The first kappa shape index (κ1) is 46.6. The Morgan fingerprint density at radius 2 is 0.500 bits per heavy atom. The Labute approximate surface area is 302 Å². The molecule has 1 fully saturated rings. The molecular weight excluding hydrogens is 673 g/mol. The fourth-order valence-corrected chi connectivity index (χ4v) is 32.3. The molecule has 288 valence electrons. The van der Waals surface area contributed by atoms with Crippen LogP contribution >= 0.6 is 0 Å². The van der Waals surface area contributed by atoms with Crippen LogP contribution in [-0.4, -0.2) is 83.6 Å². The Morgan fingerprint density at radius 1 is 0.333 bits per heavy atom. The molecular formula is C36H80O8Si4. The minimum Gasteiger partial charge on any atom is -0.412 e. The van der Waals surface area contributed by atoms with Gasteiger partial charge in [-0.15, -0.1) is 0 Å². The van der Waals surface area contributed by atoms with E-state index in [1.54, 1.807) is 0 Å². The molecule has 0 spiro atoms. The van der Waals surface area contributed by atoms with Crippen molar-refractivity contribution in [1.29, 1.82) is 0 Å². The van der Waals surface area contributed by atoms with E-state index in [0.29, 0.717) is 50.1 Å². The minimum absolute atomic E-state index is 0.218. The third-order valence-corrected chi connectivity index (χ3v) is 30.4. The van der Waals surface area contributed by atoms with Gasteiger partial charge in [0.2, 0.25) is 0 Å². The molecule has 1 heterocycles. The molecule has 0 saturated carbocycles. The van der Waals surface area contributed by atoms with E-state index >= 15 is 0 Å². The molecule has 1 aliphatic heterocycles. The zero-order valence-corrected chi connectivity index (χ0v) is 38.4. The average molecular weight is 753 g/mol. The maximum atomic E-state index is 7.95. The predicted molar refractivity (Wildman–Crippen MR) is 209 cm³/mol. The van der Waals surface area contributed by atoms with E-state index in [4.69, 9.17) is 35.4 Å². The summed E-state index contributed by atoms with van der Waals surface area (Å²) in [6, 6.07) is 3.19. The van der Waals surface area contributed by atoms with Gasteiger partial charge in [-0.3, -0.25) is 0 Å². The molecule has 0 aromatic rings. The van der Waals surface area contributed by atoms with Gasteiger partial charge < -0.3 is 35.4 Å². The Hall–Kier alpha value is 0.548. The molecule has 0 amide bonds. The van der Waals surface area contributed by atoms with Crippen molar-refractivity contribution in [2.45, 2.75) is 184 Å². The van der Waals surface area contributed by atoms with Crippen LogP contribution in [0, 0.1) is 23.7 Å². The SMILES string of the molecule is CCC[Si]1(C(C)OCC(C)C)O[Si](CCC)(C(C)OCC(C)C)O[Si](CCC)(C(C)OCC(C)C)O[Si](CCC)(C(C)OCC(C)C)O1. The maximum Gasteiger partial charge on any atom is 0.350 e. The highest BCUT2D eigenvalue weighted by Crippen LogP contribution is 2.45. The fraction of sp³-hybridized carbons (Fsp3) is 1.00. The summed E-state index contributed by atoms with van der Waals surface area (Å²) >= 11 is 0. The van der Waals surface area contributed by atoms with Gasteiger partial charge >= 0.3 is 34.2 Å². The summed E-state index contributed by atoms with van der Waals surface area (Å²) in [4.78, 5) is 0. The number of hydrogen-bond donors (Lipinski definition) is 0. The standard InChI is InChI=1S/C36H80O8Si4/c1-17-21-45(33(13)37-25-29(5)6)41-46(22-18-2,34(14)38-26-30(7)8)43-48(24-20-4,36(16)40-28-32(11)12)44-47(42-45,23-19-3)35(15)39-27-31(9)10/h29-36H,17-28H2,1-16H3. The number of rotatable bonds is 24. The number of hydrogen-bond acceptors (Lipinski definition) is 8. The van der Waals surface area contributed by atoms with Crippen molar-refractivity contribution in [3.05, 3.63) is 0 Å². The van der Waals surface area contributed by atoms with Crippen molar-refractivity contribution < 1.29 is 35.4 Å². The summed E-state index contributed by atoms with van der Waals surface area (Å²) in [6.07, 6.45) is 3.68. The lowest BCUT2D eigenvalue weighted by atomic mass is 10.2. The van der Waals surface area contributed by atoms with Gasteiger partial charge in [0, 0.05) is 26.4 Å². The molecule has 0 N–H and O–H groups in total. The molecule has 1 aliphatic rings. The second kappa shape index (κ2) is 21.9. The zero-order valence-electron chi connectivity index (χ0n) is 34.4. The third-order valence-electron chi connectivity index (χ3n) is 8.97. The second-order valence-corrected chi connectivity index (χ2v) is 31.1. The molecule has 0 aromatic carbocycles. The molecule has 0 radical (unpaired) electrons. The van der Waals surface area contributed by atoms with Gasteiger partial charge in [-0.1, -0.05) is 109 Å². The molecule has 4 atom stereocenters. The highest BCUT2D eigenvalue weighted by molar-refractivity contribution is 6.96. The van der Waals surface area contributed by atoms with Crippen molar-refractivity contribution in [1.82, 2.24) is 0 Å². The summed E-state index contributed by atoms with van der Waals surface area (Å²) in [5, 5.41) is 0. The summed E-state index contributed by atoms with van der Waals surface area (Å²) in [5.74, 6) is 1.56. The van der Waals surface area contributed by atoms with Crippen molar-refractivity contribution in [2.75, 3.05) is 26.4 Å². The third kappa shape index (κ3) is 13.5. The van der Waals surface area contributed by atoms with Crippen molar-refractivity contribution >= 4 is 34.2 Å². The van der Waals surface area contributed by atoms with Crippen LogP contribution in [0.25, 0.3) is 0 Å². The fourth-order valence-electron chi connectivity index (χ4n) is 6.39. The summed E-state index contributed by atoms with van der Waals surface area (Å²) in [7, 11) is -12.8. The largest absolute Gasteiger partial charge is 0.412 e. The lowest BCUT2D eigenvalue weighted by molar-refractivity contribution is 0.0152. The number of ether oxygens (including phenoxy) is 4. The normalized spacial score (nSPS) is 29.8. The minimum atomic E-state index is -3.20. The predicted octanol–water partition coefficient (Wildman–Crippen LogP) is 9.88. The summed E-state index contributed by atoms with van der Waals surface area (Å²) < 4.78 is 58.8. The van der Waals surface area contributed by atoms with Gasteiger partial charge in [0.1, 0.15) is 0 Å². The van der Waals surface area contributed by atoms with Crippen LogP contribution in [0.3, 0.4) is 0 Å². The monoisotopic (exact) mass is 752 g/mol. The zero-order chi connectivity index (χ0) is 36.8. The van der Waals surface area contributed by atoms with E-state index in [0.717, 1.165) is 49.9 Å². The molecule has 8 nitrogen and oxygen atoms in total. The first-order chi connectivity index (χ1) is 22.4. The van der Waals surface area contributed by atoms with Crippen LogP contribution in [0.1, 0.15) is 136 Å². The van der Waals surface area contributed by atoms with Crippen LogP contribution in [-0.2, 0) is 35.4 Å². The molecule has 0 bridgehead atoms. The Morgan fingerprint density at radius 3 is 0.625 bits per heavy atom. The topological polar surface area (TPSA) is 73.8 Å². The van der Waals surface area contributed by atoms with Crippen LogP contribution in [0.2, 0.25) is 24.2 Å². The van der Waals surface area contributed by atoms with E-state index in [2.05, 4.69) is 111 Å². The lowest BCUT2D eigenvalue weighted by Gasteiger charge is -2.57. The van der Waals surface area contributed by atoms with Gasteiger partial charge in [0.05, 0.1) is 22.9 Å². The lowest BCUT2D eigenvalue weighted by Crippen LogP contribution is -2.79. The highest BCUT2D eigenvalue weighted by atomic mass is 28.5. The molecule has 1 saturated heterocycles. The highest BCUT2D eigenvalue weighted by Gasteiger charge is 2.68. The first-order valence-electron chi connectivity index (χ1n) is 19.7. The average Bonchev–Trinajstić information content (AvgIpc) is 2.99. The van der Waals surface area contributed by atoms with Gasteiger partial charge in [0.25, 0.3) is 0 Å². The second-order valence-electron chi connectivity index (χ2n) is 16.1. The summed E-state index contributed by atoms with van der Waals surface area (Å²) in [6.45, 7) is 37.9. The van der Waals surface area contributed by atoms with Crippen molar-refractivity contribution in [2.24, 2.45) is 23.7 Å². The van der Waals surface area contributed by atoms with E-state index in [9.17, 15) is 0 Å². The van der Waals surface area contributed by atoms with Crippen LogP contribution < -0.4 is 0 Å². The first-order valence-corrected chi connectivity index (χ1v) is 28.1. The van der Waals surface area contributed by atoms with E-state index < -0.39 is 34.2 Å². The van der Waals surface area contributed by atoms with E-state index in [1.807, 2.05) is 0 Å². The quantitative estimate of drug-likeness (QED) is 0.0903. The molecule has 12 heteroatoms. The molecule has 48 heavy (non-hydrogen) atoms. The Balaban J connectivity index is 4.26. The molecule has 0 aliphatic carbocycles. The summed E-state index contributed by atoms with van der Waals surface area (Å²) in [5.41, 5.74) is -0.874.